The second-order valence-electron chi connectivity index (χ2n) is 8.21. The molecule has 0 spiro atoms. The number of carbonyl (C=O) groups excluding carboxylic acids is 1. The van der Waals surface area contributed by atoms with Crippen molar-refractivity contribution < 1.29 is 17.9 Å². The summed E-state index contributed by atoms with van der Waals surface area (Å²) in [4.78, 5) is 17.8. The number of ether oxygens (including phenoxy) is 1. The fourth-order valence-electron chi connectivity index (χ4n) is 3.66. The molecule has 0 aliphatic carbocycles. The zero-order chi connectivity index (χ0) is 28.2. The molecular formula is C26H23BrCl2N4O4S2. The minimum absolute atomic E-state index is 0.0343. The standard InChI is InChI=1S/C26H23BrCl2N4O4S2/c1-30-26-32-23(15-38-26)16-4-10-24(37-2)22(11-16)31-25(34)14-33(13-17-3-7-19(28)12-21(17)29)39(35,36)20-8-5-18(27)6-9-20/h3-12,15H,13-14H2,1-2H3,(H,30,32)(H,31,34). The van der Waals surface area contributed by atoms with Crippen molar-refractivity contribution in [3.63, 3.8) is 0 Å². The largest absolute Gasteiger partial charge is 0.495 e. The number of aromatic nitrogens is 1. The average molecular weight is 670 g/mol. The van der Waals surface area contributed by atoms with Gasteiger partial charge in [-0.3, -0.25) is 4.79 Å². The lowest BCUT2D eigenvalue weighted by Crippen LogP contribution is -2.37. The number of carbonyl (C=O) groups is 1. The summed E-state index contributed by atoms with van der Waals surface area (Å²) in [5.74, 6) is -0.148. The number of rotatable bonds is 10. The van der Waals surface area contributed by atoms with Crippen LogP contribution < -0.4 is 15.4 Å². The Morgan fingerprint density at radius 1 is 1.10 bits per heavy atom. The van der Waals surface area contributed by atoms with Crippen LogP contribution in [0.5, 0.6) is 5.75 Å². The van der Waals surface area contributed by atoms with Gasteiger partial charge in [-0.2, -0.15) is 4.31 Å². The van der Waals surface area contributed by atoms with Crippen molar-refractivity contribution in [3.8, 4) is 17.0 Å². The number of benzene rings is 3. The van der Waals surface area contributed by atoms with Crippen LogP contribution in [-0.2, 0) is 21.4 Å². The molecule has 0 unspecified atom stereocenters. The van der Waals surface area contributed by atoms with Gasteiger partial charge < -0.3 is 15.4 Å². The van der Waals surface area contributed by atoms with Crippen LogP contribution in [0.3, 0.4) is 0 Å². The number of halogens is 3. The Morgan fingerprint density at radius 3 is 2.49 bits per heavy atom. The monoisotopic (exact) mass is 668 g/mol. The number of hydrogen-bond acceptors (Lipinski definition) is 7. The molecule has 0 aliphatic heterocycles. The molecular weight excluding hydrogens is 647 g/mol. The van der Waals surface area contributed by atoms with Gasteiger partial charge in [0.15, 0.2) is 5.13 Å². The maximum absolute atomic E-state index is 13.6. The smallest absolute Gasteiger partial charge is 0.243 e. The van der Waals surface area contributed by atoms with Crippen molar-refractivity contribution in [3.05, 3.63) is 86.1 Å². The number of methoxy groups -OCH3 is 1. The van der Waals surface area contributed by atoms with E-state index in [9.17, 15) is 13.2 Å². The predicted octanol–water partition coefficient (Wildman–Crippen LogP) is 6.76. The Hall–Kier alpha value is -2.67. The molecule has 0 radical (unpaired) electrons. The number of sulfonamides is 1. The molecule has 2 N–H and O–H groups in total. The van der Waals surface area contributed by atoms with E-state index in [2.05, 4.69) is 31.5 Å². The van der Waals surface area contributed by atoms with Gasteiger partial charge in [0.1, 0.15) is 5.75 Å². The van der Waals surface area contributed by atoms with E-state index in [0.29, 0.717) is 22.0 Å². The van der Waals surface area contributed by atoms with E-state index >= 15 is 0 Å². The zero-order valence-corrected chi connectivity index (χ0v) is 25.5. The van der Waals surface area contributed by atoms with Crippen LogP contribution in [0.2, 0.25) is 10.0 Å². The molecule has 0 atom stereocenters. The molecule has 0 bridgehead atoms. The summed E-state index contributed by atoms with van der Waals surface area (Å²) in [5.41, 5.74) is 2.36. The Kier molecular flexibility index (Phi) is 9.52. The SMILES string of the molecule is CNc1nc(-c2ccc(OC)c(NC(=O)CN(Cc3ccc(Cl)cc3Cl)S(=O)(=O)c3ccc(Br)cc3)c2)cs1. The first kappa shape index (κ1) is 29.3. The van der Waals surface area contributed by atoms with E-state index in [1.54, 1.807) is 43.4 Å². The molecule has 0 saturated carbocycles. The van der Waals surface area contributed by atoms with E-state index in [4.69, 9.17) is 27.9 Å². The van der Waals surface area contributed by atoms with Crippen LogP contribution >= 0.6 is 50.5 Å². The number of anilines is 2. The van der Waals surface area contributed by atoms with Crippen molar-refractivity contribution in [1.29, 1.82) is 0 Å². The van der Waals surface area contributed by atoms with E-state index in [0.717, 1.165) is 25.2 Å². The molecule has 1 amide bonds. The molecule has 4 rings (SSSR count). The number of nitrogens with zero attached hydrogens (tertiary/aromatic N) is 2. The van der Waals surface area contributed by atoms with Crippen LogP contribution in [0, 0.1) is 0 Å². The Morgan fingerprint density at radius 2 is 1.85 bits per heavy atom. The van der Waals surface area contributed by atoms with Crippen LogP contribution in [-0.4, -0.2) is 44.3 Å². The lowest BCUT2D eigenvalue weighted by molar-refractivity contribution is -0.116. The van der Waals surface area contributed by atoms with Gasteiger partial charge in [-0.1, -0.05) is 45.2 Å². The number of nitrogens with one attached hydrogen (secondary N) is 2. The number of thiazole rings is 1. The van der Waals surface area contributed by atoms with E-state index in [1.807, 2.05) is 11.4 Å². The molecule has 0 aliphatic rings. The minimum atomic E-state index is -4.08. The van der Waals surface area contributed by atoms with E-state index < -0.39 is 22.5 Å². The summed E-state index contributed by atoms with van der Waals surface area (Å²) in [6.07, 6.45) is 0. The maximum Gasteiger partial charge on any atom is 0.243 e. The van der Waals surface area contributed by atoms with Crippen molar-refractivity contribution >= 4 is 77.2 Å². The third-order valence-corrected chi connectivity index (χ3v) is 9.40. The Balaban J connectivity index is 1.64. The van der Waals surface area contributed by atoms with Crippen LogP contribution in [0.25, 0.3) is 11.3 Å². The minimum Gasteiger partial charge on any atom is -0.495 e. The highest BCUT2D eigenvalue weighted by molar-refractivity contribution is 9.10. The predicted molar refractivity (Wildman–Crippen MR) is 160 cm³/mol. The third kappa shape index (κ3) is 7.10. The van der Waals surface area contributed by atoms with E-state index in [-0.39, 0.29) is 16.5 Å². The molecule has 204 valence electrons. The summed E-state index contributed by atoms with van der Waals surface area (Å²) >= 11 is 17.1. The molecule has 1 aromatic heterocycles. The Labute approximate surface area is 249 Å². The van der Waals surface area contributed by atoms with Crippen molar-refractivity contribution in [2.24, 2.45) is 0 Å². The van der Waals surface area contributed by atoms with Crippen molar-refractivity contribution in [2.45, 2.75) is 11.4 Å². The van der Waals surface area contributed by atoms with Crippen LogP contribution in [0.15, 0.2) is 75.4 Å². The molecule has 3 aromatic carbocycles. The van der Waals surface area contributed by atoms with Crippen molar-refractivity contribution in [1.82, 2.24) is 9.29 Å². The molecule has 4 aromatic rings. The lowest BCUT2D eigenvalue weighted by atomic mass is 10.1. The summed E-state index contributed by atoms with van der Waals surface area (Å²) in [6.45, 7) is -0.629. The van der Waals surface area contributed by atoms with Gasteiger partial charge in [0.25, 0.3) is 0 Å². The van der Waals surface area contributed by atoms with Crippen molar-refractivity contribution in [2.75, 3.05) is 31.3 Å². The second-order valence-corrected chi connectivity index (χ2v) is 12.8. The van der Waals surface area contributed by atoms with Crippen LogP contribution in [0.4, 0.5) is 10.8 Å². The molecule has 8 nitrogen and oxygen atoms in total. The van der Waals surface area contributed by atoms with Gasteiger partial charge >= 0.3 is 0 Å². The summed E-state index contributed by atoms with van der Waals surface area (Å²) < 4.78 is 34.5. The fraction of sp³-hybridized carbons (Fsp3) is 0.154. The molecule has 13 heteroatoms. The summed E-state index contributed by atoms with van der Waals surface area (Å²) in [5, 5.41) is 9.14. The normalized spacial score (nSPS) is 11.4. The van der Waals surface area contributed by atoms with Gasteiger partial charge in [0.05, 0.1) is 29.9 Å². The molecule has 0 fully saturated rings. The highest BCUT2D eigenvalue weighted by Crippen LogP contribution is 2.32. The summed E-state index contributed by atoms with van der Waals surface area (Å²) in [7, 11) is -0.813. The van der Waals surface area contributed by atoms with E-state index in [1.165, 1.54) is 36.6 Å². The first-order chi connectivity index (χ1) is 18.6. The Bertz CT molecular complexity index is 1600. The lowest BCUT2D eigenvalue weighted by Gasteiger charge is -2.23. The number of amides is 1. The highest BCUT2D eigenvalue weighted by Gasteiger charge is 2.28. The highest BCUT2D eigenvalue weighted by atomic mass is 79.9. The summed E-state index contributed by atoms with van der Waals surface area (Å²) in [6, 6.07) is 16.2. The molecule has 1 heterocycles. The average Bonchev–Trinajstić information content (AvgIpc) is 3.39. The topological polar surface area (TPSA) is 101 Å². The zero-order valence-electron chi connectivity index (χ0n) is 20.7. The van der Waals surface area contributed by atoms with Gasteiger partial charge in [0, 0.05) is 39.1 Å². The third-order valence-electron chi connectivity index (χ3n) is 5.62. The van der Waals surface area contributed by atoms with Gasteiger partial charge in [-0.15, -0.1) is 11.3 Å². The first-order valence-electron chi connectivity index (χ1n) is 11.4. The van der Waals surface area contributed by atoms with Gasteiger partial charge in [0.2, 0.25) is 15.9 Å². The maximum atomic E-state index is 13.6. The van der Waals surface area contributed by atoms with Gasteiger partial charge in [-0.05, 0) is 60.2 Å². The quantitative estimate of drug-likeness (QED) is 0.194. The molecule has 0 saturated heterocycles. The van der Waals surface area contributed by atoms with Gasteiger partial charge in [-0.25, -0.2) is 13.4 Å². The number of hydrogen-bond donors (Lipinski definition) is 2. The van der Waals surface area contributed by atoms with Crippen LogP contribution in [0.1, 0.15) is 5.56 Å². The second kappa shape index (κ2) is 12.7. The first-order valence-corrected chi connectivity index (χ1v) is 15.3. The molecule has 39 heavy (non-hydrogen) atoms. The fourth-order valence-corrected chi connectivity index (χ4v) is 6.45.